The third kappa shape index (κ3) is 6.84. The molecule has 0 saturated heterocycles. The lowest BCUT2D eigenvalue weighted by atomic mass is 9.87. The summed E-state index contributed by atoms with van der Waals surface area (Å²) in [6, 6.07) is 72.3. The Balaban J connectivity index is 1.07. The normalized spacial score (nSPS) is 11.0. The lowest BCUT2D eigenvalue weighted by Gasteiger charge is -2.17. The summed E-state index contributed by atoms with van der Waals surface area (Å²) in [6.45, 7) is 0. The Morgan fingerprint density at radius 3 is 1.34 bits per heavy atom. The largest absolute Gasteiger partial charge is 0.292 e. The molecular weight excluding hydrogens is 721 g/mol. The van der Waals surface area contributed by atoms with Gasteiger partial charge in [-0.1, -0.05) is 170 Å². The SMILES string of the molecule is N#Cc1ccc(-c2c(-c3ccc(-c4nc(-c5ccccc5)nc(-c5ccccc5)n4)cc3)cccc2-c2ccc(-n3c(-c4ccccc4)nc4ccccc43)cc2)cc1. The smallest absolute Gasteiger partial charge is 0.164 e. The maximum atomic E-state index is 9.64. The van der Waals surface area contributed by atoms with E-state index in [0.29, 0.717) is 23.0 Å². The van der Waals surface area contributed by atoms with E-state index in [1.165, 1.54) is 0 Å². The van der Waals surface area contributed by atoms with Gasteiger partial charge in [-0.05, 0) is 69.8 Å². The Kier molecular flexibility index (Phi) is 9.14. The number of hydrogen-bond acceptors (Lipinski definition) is 5. The molecule has 0 atom stereocenters. The molecule has 0 spiro atoms. The van der Waals surface area contributed by atoms with E-state index in [9.17, 15) is 5.26 Å². The maximum Gasteiger partial charge on any atom is 0.164 e. The highest BCUT2D eigenvalue weighted by Crippen LogP contribution is 2.41. The van der Waals surface area contributed by atoms with Crippen molar-refractivity contribution in [2.75, 3.05) is 0 Å². The second-order valence-corrected chi connectivity index (χ2v) is 14.2. The van der Waals surface area contributed by atoms with Crippen LogP contribution in [-0.2, 0) is 0 Å². The molecule has 10 aromatic rings. The zero-order valence-electron chi connectivity index (χ0n) is 31.8. The first-order valence-electron chi connectivity index (χ1n) is 19.5. The summed E-state index contributed by atoms with van der Waals surface area (Å²) in [5.74, 6) is 2.75. The number of hydrogen-bond donors (Lipinski definition) is 0. The molecule has 276 valence electrons. The number of benzene rings is 8. The average molecular weight is 755 g/mol. The van der Waals surface area contributed by atoms with Gasteiger partial charge in [0.2, 0.25) is 0 Å². The van der Waals surface area contributed by atoms with E-state index >= 15 is 0 Å². The molecular formula is C53H34N6. The Hall–Kier alpha value is -8.27. The Morgan fingerprint density at radius 1 is 0.356 bits per heavy atom. The molecule has 0 saturated carbocycles. The van der Waals surface area contributed by atoms with Gasteiger partial charge in [0.15, 0.2) is 17.5 Å². The van der Waals surface area contributed by atoms with Crippen LogP contribution in [0.2, 0.25) is 0 Å². The summed E-state index contributed by atoms with van der Waals surface area (Å²) < 4.78 is 2.23. The van der Waals surface area contributed by atoms with Crippen LogP contribution in [0.3, 0.4) is 0 Å². The van der Waals surface area contributed by atoms with E-state index in [4.69, 9.17) is 19.9 Å². The molecule has 0 aliphatic heterocycles. The van der Waals surface area contributed by atoms with Crippen molar-refractivity contribution < 1.29 is 0 Å². The maximum absolute atomic E-state index is 9.64. The summed E-state index contributed by atoms with van der Waals surface area (Å²) in [5, 5.41) is 9.64. The van der Waals surface area contributed by atoms with Crippen LogP contribution >= 0.6 is 0 Å². The monoisotopic (exact) mass is 754 g/mol. The molecule has 0 amide bonds. The number of aromatic nitrogens is 5. The van der Waals surface area contributed by atoms with Crippen LogP contribution in [0.1, 0.15) is 5.56 Å². The van der Waals surface area contributed by atoms with Crippen molar-refractivity contribution in [3.63, 3.8) is 0 Å². The van der Waals surface area contributed by atoms with E-state index in [1.54, 1.807) is 0 Å². The van der Waals surface area contributed by atoms with Crippen LogP contribution in [0, 0.1) is 11.3 Å². The summed E-state index contributed by atoms with van der Waals surface area (Å²) in [6.07, 6.45) is 0. The van der Waals surface area contributed by atoms with Crippen LogP contribution < -0.4 is 0 Å². The van der Waals surface area contributed by atoms with Gasteiger partial charge in [0.1, 0.15) is 5.82 Å². The Morgan fingerprint density at radius 2 is 0.797 bits per heavy atom. The molecule has 0 bridgehead atoms. The third-order valence-electron chi connectivity index (χ3n) is 10.5. The first kappa shape index (κ1) is 35.2. The van der Waals surface area contributed by atoms with E-state index in [2.05, 4.69) is 108 Å². The van der Waals surface area contributed by atoms with Crippen LogP contribution in [0.5, 0.6) is 0 Å². The predicted octanol–water partition coefficient (Wildman–Crippen LogP) is 12.8. The molecule has 0 aliphatic carbocycles. The highest BCUT2D eigenvalue weighted by atomic mass is 15.1. The predicted molar refractivity (Wildman–Crippen MR) is 237 cm³/mol. The highest BCUT2D eigenvalue weighted by molar-refractivity contribution is 5.95. The zero-order valence-corrected chi connectivity index (χ0v) is 31.8. The van der Waals surface area contributed by atoms with Crippen molar-refractivity contribution >= 4 is 11.0 Å². The van der Waals surface area contributed by atoms with Crippen LogP contribution in [0.4, 0.5) is 0 Å². The minimum absolute atomic E-state index is 0.603. The molecule has 59 heavy (non-hydrogen) atoms. The molecule has 6 heteroatoms. The summed E-state index contributed by atoms with van der Waals surface area (Å²) in [5.41, 5.74) is 13.8. The van der Waals surface area contributed by atoms with Crippen molar-refractivity contribution in [3.05, 3.63) is 212 Å². The second kappa shape index (κ2) is 15.3. The Labute approximate surface area is 342 Å². The molecule has 0 N–H and O–H groups in total. The molecule has 0 radical (unpaired) electrons. The number of fused-ring (bicyclic) bond motifs is 1. The standard InChI is InChI=1S/C53H34N6/c54-35-36-23-25-39(26-24-36)49-45(37-27-29-42(30-28-37)52-57-50(40-13-4-1-5-14-40)56-51(58-52)41-15-6-2-7-16-41)19-12-20-46(49)38-31-33-44(34-32-38)59-48-22-11-10-21-47(48)55-53(59)43-17-8-3-9-18-43/h1-34H. The molecule has 0 fully saturated rings. The van der Waals surface area contributed by atoms with Crippen molar-refractivity contribution in [3.8, 4) is 90.7 Å². The minimum Gasteiger partial charge on any atom is -0.292 e. The van der Waals surface area contributed by atoms with Crippen molar-refractivity contribution in [2.24, 2.45) is 0 Å². The van der Waals surface area contributed by atoms with Gasteiger partial charge in [-0.3, -0.25) is 4.57 Å². The second-order valence-electron chi connectivity index (χ2n) is 14.2. The fourth-order valence-electron chi connectivity index (χ4n) is 7.65. The van der Waals surface area contributed by atoms with Crippen molar-refractivity contribution in [2.45, 2.75) is 0 Å². The number of imidazole rings is 1. The van der Waals surface area contributed by atoms with Gasteiger partial charge in [0.25, 0.3) is 0 Å². The van der Waals surface area contributed by atoms with Gasteiger partial charge in [-0.2, -0.15) is 5.26 Å². The van der Waals surface area contributed by atoms with Gasteiger partial charge in [-0.15, -0.1) is 0 Å². The molecule has 0 aliphatic rings. The van der Waals surface area contributed by atoms with Gasteiger partial charge < -0.3 is 0 Å². The van der Waals surface area contributed by atoms with Crippen molar-refractivity contribution in [1.29, 1.82) is 5.26 Å². The summed E-state index contributed by atoms with van der Waals surface area (Å²) in [7, 11) is 0. The fourth-order valence-corrected chi connectivity index (χ4v) is 7.65. The first-order valence-corrected chi connectivity index (χ1v) is 19.5. The summed E-state index contributed by atoms with van der Waals surface area (Å²) in [4.78, 5) is 19.8. The number of nitriles is 1. The topological polar surface area (TPSA) is 80.3 Å². The Bertz CT molecular complexity index is 3060. The number of nitrogens with zero attached hydrogens (tertiary/aromatic N) is 6. The zero-order chi connectivity index (χ0) is 39.5. The summed E-state index contributed by atoms with van der Waals surface area (Å²) >= 11 is 0. The average Bonchev–Trinajstić information content (AvgIpc) is 3.72. The third-order valence-corrected chi connectivity index (χ3v) is 10.5. The molecule has 2 aromatic heterocycles. The fraction of sp³-hybridized carbons (Fsp3) is 0. The van der Waals surface area contributed by atoms with E-state index in [-0.39, 0.29) is 0 Å². The van der Waals surface area contributed by atoms with Gasteiger partial charge in [-0.25, -0.2) is 19.9 Å². The lowest BCUT2D eigenvalue weighted by Crippen LogP contribution is -2.00. The van der Waals surface area contributed by atoms with E-state index < -0.39 is 0 Å². The minimum atomic E-state index is 0.603. The molecule has 10 rings (SSSR count). The van der Waals surface area contributed by atoms with Gasteiger partial charge >= 0.3 is 0 Å². The number of rotatable bonds is 8. The highest BCUT2D eigenvalue weighted by Gasteiger charge is 2.18. The molecule has 2 heterocycles. The van der Waals surface area contributed by atoms with Crippen molar-refractivity contribution in [1.82, 2.24) is 24.5 Å². The van der Waals surface area contributed by atoms with E-state index in [0.717, 1.165) is 78.2 Å². The quantitative estimate of drug-likeness (QED) is 0.154. The van der Waals surface area contributed by atoms with Gasteiger partial charge in [0, 0.05) is 27.9 Å². The molecule has 6 nitrogen and oxygen atoms in total. The van der Waals surface area contributed by atoms with E-state index in [1.807, 2.05) is 109 Å². The number of para-hydroxylation sites is 2. The first-order chi connectivity index (χ1) is 29.2. The van der Waals surface area contributed by atoms with Crippen LogP contribution in [0.25, 0.3) is 95.7 Å². The lowest BCUT2D eigenvalue weighted by molar-refractivity contribution is 1.07. The van der Waals surface area contributed by atoms with Crippen LogP contribution in [0.15, 0.2) is 206 Å². The van der Waals surface area contributed by atoms with Gasteiger partial charge in [0.05, 0.1) is 22.7 Å². The molecule has 8 aromatic carbocycles. The molecule has 0 unspecified atom stereocenters. The van der Waals surface area contributed by atoms with Crippen LogP contribution in [-0.4, -0.2) is 24.5 Å².